The lowest BCUT2D eigenvalue weighted by Crippen LogP contribution is -2.57. The number of aromatic nitrogens is 1. The first-order valence-corrected chi connectivity index (χ1v) is 10.1. The van der Waals surface area contributed by atoms with Crippen LogP contribution in [0.5, 0.6) is 5.75 Å². The van der Waals surface area contributed by atoms with E-state index in [4.69, 9.17) is 4.74 Å². The molecule has 1 unspecified atom stereocenters. The zero-order valence-corrected chi connectivity index (χ0v) is 14.9. The van der Waals surface area contributed by atoms with Crippen molar-refractivity contribution in [1.29, 1.82) is 0 Å². The molecule has 0 spiro atoms. The first-order valence-electron chi connectivity index (χ1n) is 10.1. The average molecular weight is 340 g/mol. The molecule has 0 radical (unpaired) electrons. The molecule has 4 saturated carbocycles. The Balaban J connectivity index is 1.29. The van der Waals surface area contributed by atoms with Gasteiger partial charge >= 0.3 is 0 Å². The number of ether oxygens (including phenoxy) is 1. The lowest BCUT2D eigenvalue weighted by atomic mass is 9.49. The van der Waals surface area contributed by atoms with Crippen LogP contribution in [0.1, 0.15) is 51.4 Å². The van der Waals surface area contributed by atoms with E-state index >= 15 is 0 Å². The number of carbonyl (C=O) groups excluding carboxylic acids is 1. The van der Waals surface area contributed by atoms with Gasteiger partial charge in [0, 0.05) is 18.9 Å². The summed E-state index contributed by atoms with van der Waals surface area (Å²) in [6, 6.07) is 3.81. The second-order valence-corrected chi connectivity index (χ2v) is 9.01. The van der Waals surface area contributed by atoms with Crippen molar-refractivity contribution in [2.24, 2.45) is 23.2 Å². The molecule has 2 heterocycles. The van der Waals surface area contributed by atoms with Gasteiger partial charge in [-0.25, -0.2) is 0 Å². The molecule has 1 saturated heterocycles. The molecule has 1 aromatic heterocycles. The van der Waals surface area contributed by atoms with Gasteiger partial charge in [0.25, 0.3) is 0 Å². The molecule has 1 aromatic rings. The molecule has 4 heteroatoms. The van der Waals surface area contributed by atoms with Gasteiger partial charge in [0.1, 0.15) is 11.9 Å². The van der Waals surface area contributed by atoms with E-state index in [-0.39, 0.29) is 11.5 Å². The first-order chi connectivity index (χ1) is 12.2. The van der Waals surface area contributed by atoms with Crippen LogP contribution in [0.2, 0.25) is 0 Å². The predicted octanol–water partition coefficient (Wildman–Crippen LogP) is 3.67. The molecule has 5 aliphatic rings. The Bertz CT molecular complexity index is 609. The Labute approximate surface area is 150 Å². The normalized spacial score (nSPS) is 39.4. The van der Waals surface area contributed by atoms with Gasteiger partial charge in [-0.15, -0.1) is 0 Å². The van der Waals surface area contributed by atoms with Crippen molar-refractivity contribution in [3.05, 3.63) is 24.5 Å². The van der Waals surface area contributed by atoms with E-state index in [0.29, 0.717) is 5.91 Å². The zero-order chi connectivity index (χ0) is 16.9. The number of likely N-dealkylation sites (tertiary alicyclic amines) is 1. The summed E-state index contributed by atoms with van der Waals surface area (Å²) in [7, 11) is 0. The van der Waals surface area contributed by atoms with E-state index in [1.807, 2.05) is 12.1 Å². The summed E-state index contributed by atoms with van der Waals surface area (Å²) in [5, 5.41) is 0. The van der Waals surface area contributed by atoms with Gasteiger partial charge < -0.3 is 9.64 Å². The molecular formula is C21H28N2O2. The summed E-state index contributed by atoms with van der Waals surface area (Å²) in [6.07, 6.45) is 13.4. The second-order valence-electron chi connectivity index (χ2n) is 9.01. The Morgan fingerprint density at radius 1 is 1.08 bits per heavy atom. The molecule has 134 valence electrons. The van der Waals surface area contributed by atoms with E-state index < -0.39 is 0 Å². The minimum absolute atomic E-state index is 0.0205. The largest absolute Gasteiger partial charge is 0.488 e. The number of amides is 1. The van der Waals surface area contributed by atoms with Crippen LogP contribution in [0.15, 0.2) is 24.5 Å². The quantitative estimate of drug-likeness (QED) is 0.843. The van der Waals surface area contributed by atoms with Gasteiger partial charge in [-0.3, -0.25) is 9.78 Å². The van der Waals surface area contributed by atoms with Gasteiger partial charge in [0.05, 0.1) is 12.0 Å². The average Bonchev–Trinajstić information content (AvgIpc) is 2.61. The number of rotatable bonds is 3. The van der Waals surface area contributed by atoms with Crippen molar-refractivity contribution in [2.75, 3.05) is 13.1 Å². The Kier molecular flexibility index (Phi) is 3.76. The monoisotopic (exact) mass is 340 g/mol. The van der Waals surface area contributed by atoms with Crippen LogP contribution in [0, 0.1) is 23.2 Å². The lowest BCUT2D eigenvalue weighted by molar-refractivity contribution is -0.160. The Morgan fingerprint density at radius 3 is 2.36 bits per heavy atom. The minimum Gasteiger partial charge on any atom is -0.488 e. The van der Waals surface area contributed by atoms with E-state index in [2.05, 4.69) is 9.88 Å². The van der Waals surface area contributed by atoms with Crippen LogP contribution in [0.4, 0.5) is 0 Å². The van der Waals surface area contributed by atoms with Crippen molar-refractivity contribution in [3.8, 4) is 5.75 Å². The molecule has 4 aliphatic carbocycles. The highest BCUT2D eigenvalue weighted by Gasteiger charge is 2.55. The van der Waals surface area contributed by atoms with Gasteiger partial charge in [-0.05, 0) is 81.3 Å². The maximum absolute atomic E-state index is 13.5. The van der Waals surface area contributed by atoms with Crippen molar-refractivity contribution in [1.82, 2.24) is 9.88 Å². The van der Waals surface area contributed by atoms with Crippen LogP contribution < -0.4 is 4.74 Å². The number of carbonyl (C=O) groups is 1. The summed E-state index contributed by atoms with van der Waals surface area (Å²) in [5.74, 6) is 3.79. The topological polar surface area (TPSA) is 42.4 Å². The number of hydrogen-bond donors (Lipinski definition) is 0. The van der Waals surface area contributed by atoms with Crippen LogP contribution in [0.3, 0.4) is 0 Å². The third-order valence-corrected chi connectivity index (χ3v) is 7.11. The molecule has 0 aromatic carbocycles. The number of pyridine rings is 1. The first kappa shape index (κ1) is 15.7. The van der Waals surface area contributed by atoms with Crippen molar-refractivity contribution < 1.29 is 9.53 Å². The minimum atomic E-state index is -0.0205. The van der Waals surface area contributed by atoms with Crippen LogP contribution in [-0.4, -0.2) is 35.0 Å². The third-order valence-electron chi connectivity index (χ3n) is 7.11. The number of nitrogens with zero attached hydrogens (tertiary/aromatic N) is 2. The highest BCUT2D eigenvalue weighted by Crippen LogP contribution is 2.60. The van der Waals surface area contributed by atoms with E-state index in [9.17, 15) is 4.79 Å². The number of piperidine rings is 1. The fourth-order valence-electron chi connectivity index (χ4n) is 6.54. The van der Waals surface area contributed by atoms with Gasteiger partial charge in [-0.1, -0.05) is 0 Å². The molecule has 6 rings (SSSR count). The van der Waals surface area contributed by atoms with Gasteiger partial charge in [0.2, 0.25) is 5.91 Å². The fraction of sp³-hybridized carbons (Fsp3) is 0.714. The molecule has 1 aliphatic heterocycles. The van der Waals surface area contributed by atoms with Crippen LogP contribution >= 0.6 is 0 Å². The predicted molar refractivity (Wildman–Crippen MR) is 95.1 cm³/mol. The van der Waals surface area contributed by atoms with E-state index in [1.165, 1.54) is 19.3 Å². The summed E-state index contributed by atoms with van der Waals surface area (Å²) < 4.78 is 6.12. The Hall–Kier alpha value is -1.58. The third kappa shape index (κ3) is 2.84. The van der Waals surface area contributed by atoms with E-state index in [0.717, 1.165) is 68.7 Å². The van der Waals surface area contributed by atoms with Gasteiger partial charge in [-0.2, -0.15) is 0 Å². The lowest BCUT2D eigenvalue weighted by Gasteiger charge is -2.57. The van der Waals surface area contributed by atoms with Crippen molar-refractivity contribution >= 4 is 5.91 Å². The molecule has 1 atom stereocenters. The molecule has 25 heavy (non-hydrogen) atoms. The molecule has 4 bridgehead atoms. The van der Waals surface area contributed by atoms with Crippen LogP contribution in [0.25, 0.3) is 0 Å². The Morgan fingerprint density at radius 2 is 1.72 bits per heavy atom. The van der Waals surface area contributed by atoms with Crippen LogP contribution in [-0.2, 0) is 4.79 Å². The van der Waals surface area contributed by atoms with Gasteiger partial charge in [0.15, 0.2) is 0 Å². The molecule has 4 nitrogen and oxygen atoms in total. The SMILES string of the molecule is O=C(N1CCCC(Oc2ccncc2)C1)C12CC3CC(CC(C3)C1)C2. The highest BCUT2D eigenvalue weighted by molar-refractivity contribution is 5.83. The summed E-state index contributed by atoms with van der Waals surface area (Å²) in [4.78, 5) is 19.7. The molecule has 0 N–H and O–H groups in total. The number of hydrogen-bond acceptors (Lipinski definition) is 3. The zero-order valence-electron chi connectivity index (χ0n) is 14.9. The summed E-state index contributed by atoms with van der Waals surface area (Å²) in [6.45, 7) is 1.67. The molecule has 1 amide bonds. The molecular weight excluding hydrogens is 312 g/mol. The standard InChI is InChI=1S/C21H28N2O2/c24-20(21-11-15-8-16(12-21)10-17(9-15)13-21)23-7-1-2-19(14-23)25-18-3-5-22-6-4-18/h3-6,15-17,19H,1-2,7-14H2. The fourth-order valence-corrected chi connectivity index (χ4v) is 6.54. The smallest absolute Gasteiger partial charge is 0.228 e. The highest BCUT2D eigenvalue weighted by atomic mass is 16.5. The maximum Gasteiger partial charge on any atom is 0.228 e. The maximum atomic E-state index is 13.5. The second kappa shape index (κ2) is 6.00. The molecule has 5 fully saturated rings. The summed E-state index contributed by atoms with van der Waals surface area (Å²) in [5.41, 5.74) is -0.0205. The van der Waals surface area contributed by atoms with E-state index in [1.54, 1.807) is 12.4 Å². The van der Waals surface area contributed by atoms with Crippen molar-refractivity contribution in [3.63, 3.8) is 0 Å². The van der Waals surface area contributed by atoms with Crippen molar-refractivity contribution in [2.45, 2.75) is 57.5 Å². The summed E-state index contributed by atoms with van der Waals surface area (Å²) >= 11 is 0.